The van der Waals surface area contributed by atoms with E-state index in [1.807, 2.05) is 24.3 Å². The van der Waals surface area contributed by atoms with E-state index < -0.39 is 5.91 Å². The van der Waals surface area contributed by atoms with Gasteiger partial charge >= 0.3 is 0 Å². The van der Waals surface area contributed by atoms with Crippen molar-refractivity contribution in [3.8, 4) is 6.07 Å². The van der Waals surface area contributed by atoms with E-state index in [9.17, 15) is 10.1 Å². The summed E-state index contributed by atoms with van der Waals surface area (Å²) in [4.78, 5) is 10.8. The molecule has 1 amide bonds. The average molecular weight is 242 g/mol. The lowest BCUT2D eigenvalue weighted by Gasteiger charge is -2.12. The van der Waals surface area contributed by atoms with Crippen LogP contribution < -0.4 is 5.73 Å². The molecule has 2 rings (SSSR count). The third-order valence-electron chi connectivity index (χ3n) is 2.90. The van der Waals surface area contributed by atoms with Gasteiger partial charge in [0.2, 0.25) is 0 Å². The minimum absolute atomic E-state index is 0.200. The van der Waals surface area contributed by atoms with E-state index in [-0.39, 0.29) is 6.61 Å². The summed E-state index contributed by atoms with van der Waals surface area (Å²) in [6.07, 6.45) is 2.48. The van der Waals surface area contributed by atoms with Gasteiger partial charge in [-0.25, -0.2) is 0 Å². The molecule has 1 aromatic rings. The van der Waals surface area contributed by atoms with Crippen LogP contribution in [0.5, 0.6) is 0 Å². The fourth-order valence-corrected chi connectivity index (χ4v) is 2.11. The second kappa shape index (κ2) is 5.37. The highest BCUT2D eigenvalue weighted by Crippen LogP contribution is 2.30. The summed E-state index contributed by atoms with van der Waals surface area (Å²) in [7, 11) is 0. The summed E-state index contributed by atoms with van der Waals surface area (Å²) in [5, 5.41) is 9.17. The minimum atomic E-state index is -0.540. The number of nitrogens with two attached hydrogens (primary N) is 1. The molecule has 1 aromatic carbocycles. The maximum Gasteiger partial charge on any atom is 0.255 e. The Bertz CT molecular complexity index is 541. The van der Waals surface area contributed by atoms with Crippen LogP contribution in [0.25, 0.3) is 5.76 Å². The van der Waals surface area contributed by atoms with Crippen LogP contribution in [0.3, 0.4) is 0 Å². The fraction of sp³-hybridized carbons (Fsp3) is 0.286. The number of benzene rings is 1. The van der Waals surface area contributed by atoms with Gasteiger partial charge in [0.15, 0.2) is 6.61 Å². The normalized spacial score (nSPS) is 14.4. The number of hydrogen-bond acceptors (Lipinski definition) is 3. The summed E-state index contributed by atoms with van der Waals surface area (Å²) in [5.74, 6) is -0.0362. The Balaban J connectivity index is 2.43. The molecule has 4 nitrogen and oxygen atoms in total. The number of amides is 1. The molecule has 18 heavy (non-hydrogen) atoms. The van der Waals surface area contributed by atoms with Crippen LogP contribution in [-0.2, 0) is 16.0 Å². The standard InChI is InChI=1S/C14H14N2O2/c15-8-11-6-3-5-10-4-1-2-7-12(10)14(11)18-9-13(16)17/h1-2,4,7H,3,5-6,9H2,(H2,16,17). The molecule has 0 radical (unpaired) electrons. The number of nitriles is 1. The van der Waals surface area contributed by atoms with Gasteiger partial charge in [0.1, 0.15) is 5.76 Å². The molecule has 0 unspecified atom stereocenters. The SMILES string of the molecule is N#CC1=C(OCC(N)=O)c2ccccc2CCC1. The molecule has 0 aromatic heterocycles. The molecule has 0 atom stereocenters. The number of fused-ring (bicyclic) bond motifs is 1. The predicted molar refractivity (Wildman–Crippen MR) is 67.1 cm³/mol. The van der Waals surface area contributed by atoms with Gasteiger partial charge in [-0.15, -0.1) is 0 Å². The number of aryl methyl sites for hydroxylation is 1. The number of nitrogens with zero attached hydrogens (tertiary/aromatic N) is 1. The first-order valence-corrected chi connectivity index (χ1v) is 5.85. The largest absolute Gasteiger partial charge is 0.482 e. The van der Waals surface area contributed by atoms with Crippen LogP contribution in [0.2, 0.25) is 0 Å². The maximum atomic E-state index is 10.8. The van der Waals surface area contributed by atoms with Gasteiger partial charge in [0.25, 0.3) is 5.91 Å². The smallest absolute Gasteiger partial charge is 0.255 e. The van der Waals surface area contributed by atoms with Gasteiger partial charge in [-0.1, -0.05) is 24.3 Å². The van der Waals surface area contributed by atoms with Crippen molar-refractivity contribution in [3.05, 3.63) is 41.0 Å². The minimum Gasteiger partial charge on any atom is -0.482 e. The summed E-state index contributed by atoms with van der Waals surface area (Å²) < 4.78 is 5.44. The lowest BCUT2D eigenvalue weighted by Crippen LogP contribution is -2.18. The van der Waals surface area contributed by atoms with Gasteiger partial charge < -0.3 is 10.5 Å². The third kappa shape index (κ3) is 2.51. The molecule has 0 heterocycles. The summed E-state index contributed by atoms with van der Waals surface area (Å²) >= 11 is 0. The summed E-state index contributed by atoms with van der Waals surface area (Å²) in [6, 6.07) is 9.95. The van der Waals surface area contributed by atoms with Gasteiger partial charge in [-0.3, -0.25) is 4.79 Å². The molecule has 0 bridgehead atoms. The van der Waals surface area contributed by atoms with Crippen molar-refractivity contribution in [1.82, 2.24) is 0 Å². The Hall–Kier alpha value is -2.28. The van der Waals surface area contributed by atoms with E-state index in [1.165, 1.54) is 0 Å². The lowest BCUT2D eigenvalue weighted by molar-refractivity contribution is -0.120. The van der Waals surface area contributed by atoms with E-state index >= 15 is 0 Å². The van der Waals surface area contributed by atoms with Crippen LogP contribution in [0, 0.1) is 11.3 Å². The zero-order chi connectivity index (χ0) is 13.0. The monoisotopic (exact) mass is 242 g/mol. The summed E-state index contributed by atoms with van der Waals surface area (Å²) in [5.41, 5.74) is 7.71. The predicted octanol–water partition coefficient (Wildman–Crippen LogP) is 1.76. The van der Waals surface area contributed by atoms with Crippen LogP contribution in [0.4, 0.5) is 0 Å². The Labute approximate surface area is 106 Å². The van der Waals surface area contributed by atoms with E-state index in [0.29, 0.717) is 17.8 Å². The van der Waals surface area contributed by atoms with Crippen LogP contribution in [0.1, 0.15) is 24.0 Å². The summed E-state index contributed by atoms with van der Waals surface area (Å²) in [6.45, 7) is -0.200. The van der Waals surface area contributed by atoms with Crippen LogP contribution >= 0.6 is 0 Å². The first kappa shape index (κ1) is 12.2. The molecule has 0 spiro atoms. The van der Waals surface area contributed by atoms with Crippen molar-refractivity contribution in [1.29, 1.82) is 5.26 Å². The second-order valence-corrected chi connectivity index (χ2v) is 4.19. The molecule has 0 aliphatic heterocycles. The van der Waals surface area contributed by atoms with E-state index in [0.717, 1.165) is 24.0 Å². The quantitative estimate of drug-likeness (QED) is 0.877. The first-order valence-electron chi connectivity index (χ1n) is 5.85. The van der Waals surface area contributed by atoms with Crippen molar-refractivity contribution in [2.45, 2.75) is 19.3 Å². The Morgan fingerprint density at radius 2 is 2.17 bits per heavy atom. The Morgan fingerprint density at radius 1 is 1.39 bits per heavy atom. The van der Waals surface area contributed by atoms with E-state index in [4.69, 9.17) is 10.5 Å². The molecule has 92 valence electrons. The average Bonchev–Trinajstić information content (AvgIpc) is 2.55. The van der Waals surface area contributed by atoms with Crippen molar-refractivity contribution in [2.75, 3.05) is 6.61 Å². The molecular weight excluding hydrogens is 228 g/mol. The second-order valence-electron chi connectivity index (χ2n) is 4.19. The molecular formula is C14H14N2O2. The molecule has 1 aliphatic carbocycles. The molecule has 0 saturated heterocycles. The van der Waals surface area contributed by atoms with Crippen molar-refractivity contribution in [3.63, 3.8) is 0 Å². The van der Waals surface area contributed by atoms with Crippen molar-refractivity contribution >= 4 is 11.7 Å². The highest BCUT2D eigenvalue weighted by molar-refractivity contribution is 5.77. The number of hydrogen-bond donors (Lipinski definition) is 1. The number of carbonyl (C=O) groups excluding carboxylic acids is 1. The van der Waals surface area contributed by atoms with Gasteiger partial charge in [0.05, 0.1) is 11.6 Å². The third-order valence-corrected chi connectivity index (χ3v) is 2.90. The zero-order valence-electron chi connectivity index (χ0n) is 9.98. The van der Waals surface area contributed by atoms with Crippen LogP contribution in [-0.4, -0.2) is 12.5 Å². The Morgan fingerprint density at radius 3 is 2.89 bits per heavy atom. The highest BCUT2D eigenvalue weighted by atomic mass is 16.5. The van der Waals surface area contributed by atoms with Gasteiger partial charge in [0, 0.05) is 5.56 Å². The lowest BCUT2D eigenvalue weighted by atomic mass is 10.0. The number of rotatable bonds is 3. The topological polar surface area (TPSA) is 76.1 Å². The Kier molecular flexibility index (Phi) is 3.63. The molecule has 1 aliphatic rings. The van der Waals surface area contributed by atoms with E-state index in [2.05, 4.69) is 6.07 Å². The fourth-order valence-electron chi connectivity index (χ4n) is 2.11. The van der Waals surface area contributed by atoms with Crippen molar-refractivity contribution in [2.24, 2.45) is 5.73 Å². The highest BCUT2D eigenvalue weighted by Gasteiger charge is 2.18. The number of ether oxygens (including phenoxy) is 1. The van der Waals surface area contributed by atoms with Crippen molar-refractivity contribution < 1.29 is 9.53 Å². The zero-order valence-corrected chi connectivity index (χ0v) is 9.98. The molecule has 2 N–H and O–H groups in total. The molecule has 0 fully saturated rings. The van der Waals surface area contributed by atoms with Gasteiger partial charge in [-0.2, -0.15) is 5.26 Å². The maximum absolute atomic E-state index is 10.8. The number of carbonyl (C=O) groups is 1. The number of primary amides is 1. The molecule has 4 heteroatoms. The molecule has 0 saturated carbocycles. The number of allylic oxidation sites excluding steroid dienone is 1. The van der Waals surface area contributed by atoms with E-state index in [1.54, 1.807) is 0 Å². The van der Waals surface area contributed by atoms with Gasteiger partial charge in [-0.05, 0) is 24.8 Å². The first-order chi connectivity index (χ1) is 8.72. The van der Waals surface area contributed by atoms with Crippen LogP contribution in [0.15, 0.2) is 29.8 Å².